The first-order chi connectivity index (χ1) is 5.63. The normalized spacial score (nSPS) is 12.2. The fraction of sp³-hybridized carbons (Fsp3) is 0.125. The Kier molecular flexibility index (Phi) is 3.50. The maximum atomic E-state index is 9.19. The van der Waals surface area contributed by atoms with Crippen LogP contribution in [0.4, 0.5) is 0 Å². The summed E-state index contributed by atoms with van der Waals surface area (Å²) in [5, 5.41) is 17.6. The minimum Gasteiger partial charge on any atom is -0.374 e. The topological polar surface area (TPSA) is 44.0 Å². The molecule has 0 aliphatic rings. The van der Waals surface area contributed by atoms with Crippen LogP contribution in [0.3, 0.4) is 0 Å². The molecule has 1 aromatic rings. The largest absolute Gasteiger partial charge is 0.374 e. The van der Waals surface area contributed by atoms with E-state index in [1.807, 2.05) is 6.07 Å². The Labute approximate surface area is 92.5 Å². The molecule has 0 aliphatic heterocycles. The molecule has 12 heavy (non-hydrogen) atoms. The summed E-state index contributed by atoms with van der Waals surface area (Å²) in [6, 6.07) is 7.19. The molecule has 0 amide bonds. The van der Waals surface area contributed by atoms with E-state index in [4.69, 9.17) is 5.26 Å². The van der Waals surface area contributed by atoms with E-state index in [0.29, 0.717) is 5.56 Å². The van der Waals surface area contributed by atoms with Crippen LogP contribution in [0.2, 0.25) is 0 Å². The predicted octanol–water partition coefficient (Wildman–Crippen LogP) is 2.61. The number of nitrogens with zero attached hydrogens (tertiary/aromatic N) is 1. The van der Waals surface area contributed by atoms with Gasteiger partial charge in [-0.25, -0.2) is 0 Å². The monoisotopic (exact) mass is 337 g/mol. The van der Waals surface area contributed by atoms with E-state index < -0.39 is 6.10 Å². The van der Waals surface area contributed by atoms with Gasteiger partial charge in [-0.3, -0.25) is 0 Å². The summed E-state index contributed by atoms with van der Waals surface area (Å²) in [7, 11) is 0. The Morgan fingerprint density at radius 3 is 2.67 bits per heavy atom. The Morgan fingerprint density at radius 1 is 1.50 bits per heavy atom. The summed E-state index contributed by atoms with van der Waals surface area (Å²) in [5.74, 6) is 0. The van der Waals surface area contributed by atoms with Crippen molar-refractivity contribution in [3.8, 4) is 6.07 Å². The summed E-state index contributed by atoms with van der Waals surface area (Å²) in [6.45, 7) is 0. The molecule has 1 unspecified atom stereocenters. The minimum absolute atomic E-state index is 0.622. The molecule has 1 rings (SSSR count). The summed E-state index contributed by atoms with van der Waals surface area (Å²) >= 11 is 5.42. The van der Waals surface area contributed by atoms with Crippen molar-refractivity contribution in [1.82, 2.24) is 0 Å². The first kappa shape index (κ1) is 9.96. The molecular weight excluding hydrogens is 333 g/mol. The van der Waals surface area contributed by atoms with E-state index in [9.17, 15) is 5.11 Å². The molecule has 2 nitrogen and oxygen atoms in total. The van der Waals surface area contributed by atoms with Gasteiger partial charge < -0.3 is 5.11 Å². The predicted molar refractivity (Wildman–Crippen MR) is 57.4 cm³/mol. The van der Waals surface area contributed by atoms with Crippen molar-refractivity contribution < 1.29 is 5.11 Å². The Morgan fingerprint density at radius 2 is 2.17 bits per heavy atom. The van der Waals surface area contributed by atoms with Gasteiger partial charge in [-0.2, -0.15) is 5.26 Å². The fourth-order valence-electron chi connectivity index (χ4n) is 0.808. The summed E-state index contributed by atoms with van der Waals surface area (Å²) in [5.41, 5.74) is 0.622. The van der Waals surface area contributed by atoms with Crippen molar-refractivity contribution in [2.24, 2.45) is 0 Å². The summed E-state index contributed by atoms with van der Waals surface area (Å²) in [6.07, 6.45) is -1.03. The zero-order chi connectivity index (χ0) is 9.14. The van der Waals surface area contributed by atoms with E-state index >= 15 is 0 Å². The molecule has 0 saturated carbocycles. The van der Waals surface area contributed by atoms with E-state index in [2.05, 4.69) is 38.5 Å². The molecule has 1 N–H and O–H groups in total. The quantitative estimate of drug-likeness (QED) is 0.632. The molecule has 62 valence electrons. The second-order valence-corrected chi connectivity index (χ2v) is 4.40. The van der Waals surface area contributed by atoms with E-state index in [1.54, 1.807) is 18.2 Å². The van der Waals surface area contributed by atoms with Gasteiger partial charge in [-0.15, -0.1) is 0 Å². The number of benzene rings is 1. The maximum absolute atomic E-state index is 9.19. The summed E-state index contributed by atoms with van der Waals surface area (Å²) in [4.78, 5) is 0. The molecule has 1 aromatic carbocycles. The van der Waals surface area contributed by atoms with Gasteiger partial charge in [0, 0.05) is 8.04 Å². The van der Waals surface area contributed by atoms with Crippen molar-refractivity contribution >= 4 is 38.5 Å². The van der Waals surface area contributed by atoms with Crippen molar-refractivity contribution in [3.63, 3.8) is 0 Å². The Hall–Kier alpha value is -0.120. The maximum Gasteiger partial charge on any atom is 0.165 e. The standard InChI is InChI=1S/C8H5BrINO/c9-6-1-5(8(12)4-11)2-7(10)3-6/h1-3,8,12H. The lowest BCUT2D eigenvalue weighted by Gasteiger charge is -2.03. The van der Waals surface area contributed by atoms with E-state index in [-0.39, 0.29) is 0 Å². The van der Waals surface area contributed by atoms with Gasteiger partial charge in [0.15, 0.2) is 6.10 Å². The van der Waals surface area contributed by atoms with Crippen LogP contribution in [-0.4, -0.2) is 5.11 Å². The molecule has 0 bridgehead atoms. The smallest absolute Gasteiger partial charge is 0.165 e. The highest BCUT2D eigenvalue weighted by Gasteiger charge is 2.06. The van der Waals surface area contributed by atoms with Gasteiger partial charge >= 0.3 is 0 Å². The van der Waals surface area contributed by atoms with E-state index in [0.717, 1.165) is 8.04 Å². The molecule has 0 spiro atoms. The minimum atomic E-state index is -1.03. The summed E-state index contributed by atoms with van der Waals surface area (Å²) < 4.78 is 1.87. The third-order valence-corrected chi connectivity index (χ3v) is 2.40. The van der Waals surface area contributed by atoms with Crippen LogP contribution in [0.15, 0.2) is 22.7 Å². The zero-order valence-electron chi connectivity index (χ0n) is 5.96. The molecule has 0 aromatic heterocycles. The molecular formula is C8H5BrINO. The second kappa shape index (κ2) is 4.21. The highest BCUT2D eigenvalue weighted by Crippen LogP contribution is 2.21. The molecule has 0 radical (unpaired) electrons. The first-order valence-electron chi connectivity index (χ1n) is 3.17. The van der Waals surface area contributed by atoms with Gasteiger partial charge in [-0.05, 0) is 46.4 Å². The van der Waals surface area contributed by atoms with Gasteiger partial charge in [0.2, 0.25) is 0 Å². The van der Waals surface area contributed by atoms with Gasteiger partial charge in [-0.1, -0.05) is 15.9 Å². The van der Waals surface area contributed by atoms with Crippen LogP contribution in [0.25, 0.3) is 0 Å². The SMILES string of the molecule is N#CC(O)c1cc(Br)cc(I)c1. The van der Waals surface area contributed by atoms with Crippen molar-refractivity contribution in [2.75, 3.05) is 0 Å². The number of hydrogen-bond acceptors (Lipinski definition) is 2. The molecule has 0 heterocycles. The second-order valence-electron chi connectivity index (χ2n) is 2.23. The van der Waals surface area contributed by atoms with Gasteiger partial charge in [0.1, 0.15) is 0 Å². The molecule has 4 heteroatoms. The Balaban J connectivity index is 3.10. The lowest BCUT2D eigenvalue weighted by atomic mass is 10.1. The Bertz CT molecular complexity index is 314. The van der Waals surface area contributed by atoms with Crippen LogP contribution < -0.4 is 0 Å². The zero-order valence-corrected chi connectivity index (χ0v) is 9.70. The number of nitriles is 1. The van der Waals surface area contributed by atoms with Crippen molar-refractivity contribution in [2.45, 2.75) is 6.10 Å². The highest BCUT2D eigenvalue weighted by molar-refractivity contribution is 14.1. The molecule has 0 fully saturated rings. The average molecular weight is 338 g/mol. The first-order valence-corrected chi connectivity index (χ1v) is 5.04. The third-order valence-electron chi connectivity index (χ3n) is 1.32. The molecule has 0 aliphatic carbocycles. The van der Waals surface area contributed by atoms with Gasteiger partial charge in [0.25, 0.3) is 0 Å². The van der Waals surface area contributed by atoms with Crippen LogP contribution in [0, 0.1) is 14.9 Å². The molecule has 0 saturated heterocycles. The number of halogens is 2. The lowest BCUT2D eigenvalue weighted by molar-refractivity contribution is 0.236. The number of hydrogen-bond donors (Lipinski definition) is 1. The fourth-order valence-corrected chi connectivity index (χ4v) is 2.44. The average Bonchev–Trinajstić information content (AvgIpc) is 2.01. The van der Waals surface area contributed by atoms with Crippen molar-refractivity contribution in [1.29, 1.82) is 5.26 Å². The van der Waals surface area contributed by atoms with Crippen LogP contribution in [0.5, 0.6) is 0 Å². The van der Waals surface area contributed by atoms with Gasteiger partial charge in [0.05, 0.1) is 6.07 Å². The number of rotatable bonds is 1. The third kappa shape index (κ3) is 2.44. The van der Waals surface area contributed by atoms with Crippen molar-refractivity contribution in [3.05, 3.63) is 31.8 Å². The number of aliphatic hydroxyl groups excluding tert-OH is 1. The van der Waals surface area contributed by atoms with Crippen LogP contribution >= 0.6 is 38.5 Å². The van der Waals surface area contributed by atoms with Crippen LogP contribution in [0.1, 0.15) is 11.7 Å². The van der Waals surface area contributed by atoms with Crippen LogP contribution in [-0.2, 0) is 0 Å². The lowest BCUT2D eigenvalue weighted by Crippen LogP contribution is -1.93. The van der Waals surface area contributed by atoms with E-state index in [1.165, 1.54) is 0 Å². The molecule has 1 atom stereocenters. The highest BCUT2D eigenvalue weighted by atomic mass is 127. The number of aliphatic hydroxyl groups is 1.